The first-order valence-corrected chi connectivity index (χ1v) is 9.67. The highest BCUT2D eigenvalue weighted by Gasteiger charge is 2.38. The van der Waals surface area contributed by atoms with Gasteiger partial charge in [-0.2, -0.15) is 0 Å². The number of carbonyl (C=O) groups excluding carboxylic acids is 2. The number of ether oxygens (including phenoxy) is 1. The minimum Gasteiger partial charge on any atom is -0.494 e. The number of para-hydroxylation sites is 1. The Hall–Kier alpha value is -3.28. The monoisotopic (exact) mass is 390 g/mol. The molecule has 0 aromatic heterocycles. The Kier molecular flexibility index (Phi) is 5.01. The summed E-state index contributed by atoms with van der Waals surface area (Å²) < 4.78 is 5.20. The van der Waals surface area contributed by atoms with Crippen LogP contribution in [0.3, 0.4) is 0 Å². The maximum Gasteiger partial charge on any atom is 0.258 e. The van der Waals surface area contributed by atoms with Gasteiger partial charge in [0, 0.05) is 17.8 Å². The Balaban J connectivity index is 1.71. The van der Waals surface area contributed by atoms with Crippen molar-refractivity contribution in [3.05, 3.63) is 70.1 Å². The Bertz CT molecular complexity index is 1010. The predicted octanol–water partition coefficient (Wildman–Crippen LogP) is 4.59. The van der Waals surface area contributed by atoms with Crippen molar-refractivity contribution in [3.8, 4) is 5.75 Å². The fourth-order valence-corrected chi connectivity index (χ4v) is 4.46. The molecule has 0 radical (unpaired) electrons. The number of carbonyl (C=O) groups is 2. The number of hydrogen-bond donors (Lipinski definition) is 0. The summed E-state index contributed by atoms with van der Waals surface area (Å²) in [6.45, 7) is 0.550. The normalized spacial score (nSPS) is 20.6. The van der Waals surface area contributed by atoms with Crippen LogP contribution >= 0.6 is 0 Å². The lowest BCUT2D eigenvalue weighted by Crippen LogP contribution is -2.33. The Morgan fingerprint density at radius 3 is 2.76 bits per heavy atom. The van der Waals surface area contributed by atoms with Gasteiger partial charge in [-0.15, -0.1) is 4.91 Å². The van der Waals surface area contributed by atoms with Gasteiger partial charge in [-0.05, 0) is 71.7 Å². The summed E-state index contributed by atoms with van der Waals surface area (Å²) in [5, 5.41) is 2.93. The second-order valence-corrected chi connectivity index (χ2v) is 7.69. The zero-order chi connectivity index (χ0) is 20.4. The van der Waals surface area contributed by atoms with E-state index in [9.17, 15) is 14.5 Å². The van der Waals surface area contributed by atoms with Gasteiger partial charge >= 0.3 is 0 Å². The third kappa shape index (κ3) is 3.46. The molecule has 6 nitrogen and oxygen atoms in total. The number of nitroso groups, excluding NO2 is 1. The van der Waals surface area contributed by atoms with Crippen molar-refractivity contribution in [1.82, 2.24) is 0 Å². The van der Waals surface area contributed by atoms with Gasteiger partial charge in [0.25, 0.3) is 5.91 Å². The molecule has 6 heteroatoms. The second kappa shape index (κ2) is 7.62. The zero-order valence-corrected chi connectivity index (χ0v) is 16.3. The fraction of sp³-hybridized carbons (Fsp3) is 0.304. The van der Waals surface area contributed by atoms with Crippen LogP contribution in [0.5, 0.6) is 5.75 Å². The van der Waals surface area contributed by atoms with Gasteiger partial charge in [0.2, 0.25) is 0 Å². The average molecular weight is 390 g/mol. The number of hydrogen-bond acceptors (Lipinski definition) is 5. The summed E-state index contributed by atoms with van der Waals surface area (Å²) in [6.07, 6.45) is 6.36. The largest absolute Gasteiger partial charge is 0.494 e. The molecule has 0 unspecified atom stereocenters. The van der Waals surface area contributed by atoms with E-state index in [2.05, 4.69) is 17.3 Å². The second-order valence-electron chi connectivity index (χ2n) is 7.69. The number of anilines is 1. The zero-order valence-electron chi connectivity index (χ0n) is 16.3. The number of fused-ring (bicyclic) bond motifs is 1. The number of aldehydes is 1. The van der Waals surface area contributed by atoms with E-state index in [1.165, 1.54) is 13.2 Å². The van der Waals surface area contributed by atoms with Crippen LogP contribution in [0.2, 0.25) is 0 Å². The van der Waals surface area contributed by atoms with Gasteiger partial charge in [0.05, 0.1) is 7.11 Å². The first-order valence-electron chi connectivity index (χ1n) is 9.67. The maximum atomic E-state index is 13.4. The Labute approximate surface area is 169 Å². The molecule has 0 saturated heterocycles. The number of rotatable bonds is 4. The van der Waals surface area contributed by atoms with Crippen LogP contribution in [0, 0.1) is 10.3 Å². The lowest BCUT2D eigenvalue weighted by molar-refractivity contribution is -0.105. The Morgan fingerprint density at radius 2 is 2.03 bits per heavy atom. The van der Waals surface area contributed by atoms with E-state index >= 15 is 0 Å². The average Bonchev–Trinajstić information content (AvgIpc) is 3.09. The highest BCUT2D eigenvalue weighted by atomic mass is 16.5. The molecular formula is C23H22N2O4. The van der Waals surface area contributed by atoms with E-state index in [0.29, 0.717) is 12.1 Å². The first kappa shape index (κ1) is 19.1. The molecule has 148 valence electrons. The number of allylic oxidation sites excluding steroid dienone is 2. The molecule has 2 aromatic carbocycles. The number of nitrogens with zero attached hydrogens (tertiary/aromatic N) is 2. The predicted molar refractivity (Wildman–Crippen MR) is 111 cm³/mol. The summed E-state index contributed by atoms with van der Waals surface area (Å²) in [5.41, 5.74) is 3.35. The summed E-state index contributed by atoms with van der Waals surface area (Å²) in [6, 6.07) is 12.6. The van der Waals surface area contributed by atoms with E-state index < -0.39 is 0 Å². The van der Waals surface area contributed by atoms with Gasteiger partial charge in [-0.1, -0.05) is 24.3 Å². The summed E-state index contributed by atoms with van der Waals surface area (Å²) in [5.74, 6) is 0.127. The topological polar surface area (TPSA) is 76.0 Å². The standard InChI is InChI=1S/C23H22N2O4/c1-29-21-12-17(6-7-19(21)24-28)22(27)25-11-10-23(9-8-16(13-23)15-26)14-18-4-2-3-5-20(18)25/h2-7,12-13,15H,8-11,14H2,1H3/t23-/m1/s1. The molecule has 1 atom stereocenters. The van der Waals surface area contributed by atoms with Crippen LogP contribution in [-0.2, 0) is 11.2 Å². The third-order valence-electron chi connectivity index (χ3n) is 5.98. The van der Waals surface area contributed by atoms with Crippen LogP contribution in [0.1, 0.15) is 35.2 Å². The molecule has 0 saturated carbocycles. The van der Waals surface area contributed by atoms with Crippen molar-refractivity contribution in [2.45, 2.75) is 25.7 Å². The SMILES string of the molecule is COc1cc(C(=O)N2CC[C@]3(C=C(C=O)CC3)Cc3ccccc32)ccc1N=O. The van der Waals surface area contributed by atoms with E-state index in [1.54, 1.807) is 17.0 Å². The van der Waals surface area contributed by atoms with Gasteiger partial charge < -0.3 is 9.64 Å². The summed E-state index contributed by atoms with van der Waals surface area (Å²) in [4.78, 5) is 37.4. The van der Waals surface area contributed by atoms with Crippen molar-refractivity contribution in [2.75, 3.05) is 18.6 Å². The van der Waals surface area contributed by atoms with Crippen LogP contribution in [0.15, 0.2) is 59.3 Å². The molecule has 4 rings (SSSR count). The van der Waals surface area contributed by atoms with Crippen molar-refractivity contribution in [2.24, 2.45) is 10.6 Å². The fourth-order valence-electron chi connectivity index (χ4n) is 4.46. The smallest absolute Gasteiger partial charge is 0.258 e. The molecule has 2 aliphatic rings. The highest BCUT2D eigenvalue weighted by molar-refractivity contribution is 6.07. The molecule has 1 aliphatic carbocycles. The third-order valence-corrected chi connectivity index (χ3v) is 5.98. The molecule has 2 aromatic rings. The highest BCUT2D eigenvalue weighted by Crippen LogP contribution is 2.45. The van der Waals surface area contributed by atoms with Crippen LogP contribution in [-0.4, -0.2) is 25.8 Å². The molecule has 29 heavy (non-hydrogen) atoms. The number of benzene rings is 2. The Morgan fingerprint density at radius 1 is 1.21 bits per heavy atom. The van der Waals surface area contributed by atoms with Crippen LogP contribution < -0.4 is 9.64 Å². The summed E-state index contributed by atoms with van der Waals surface area (Å²) >= 11 is 0. The molecule has 1 spiro atoms. The van der Waals surface area contributed by atoms with Gasteiger partial charge in [-0.25, -0.2) is 0 Å². The molecule has 1 heterocycles. The lowest BCUT2D eigenvalue weighted by Gasteiger charge is -2.26. The van der Waals surface area contributed by atoms with E-state index in [0.717, 1.165) is 48.8 Å². The molecular weight excluding hydrogens is 368 g/mol. The van der Waals surface area contributed by atoms with Crippen molar-refractivity contribution in [3.63, 3.8) is 0 Å². The van der Waals surface area contributed by atoms with Gasteiger partial charge in [0.15, 0.2) is 0 Å². The van der Waals surface area contributed by atoms with Gasteiger partial charge in [0.1, 0.15) is 17.7 Å². The summed E-state index contributed by atoms with van der Waals surface area (Å²) in [7, 11) is 1.44. The number of amides is 1. The quantitative estimate of drug-likeness (QED) is 0.565. The maximum absolute atomic E-state index is 13.4. The van der Waals surface area contributed by atoms with E-state index in [1.807, 2.05) is 18.2 Å². The molecule has 0 bridgehead atoms. The minimum absolute atomic E-state index is 0.0929. The van der Waals surface area contributed by atoms with Crippen molar-refractivity contribution < 1.29 is 14.3 Å². The minimum atomic E-state index is -0.150. The molecule has 1 aliphatic heterocycles. The first-order chi connectivity index (χ1) is 14.1. The van der Waals surface area contributed by atoms with E-state index in [-0.39, 0.29) is 22.8 Å². The van der Waals surface area contributed by atoms with Crippen molar-refractivity contribution in [1.29, 1.82) is 0 Å². The van der Waals surface area contributed by atoms with Gasteiger partial charge in [-0.3, -0.25) is 9.59 Å². The molecule has 1 amide bonds. The molecule has 0 fully saturated rings. The van der Waals surface area contributed by atoms with Crippen molar-refractivity contribution >= 4 is 23.6 Å². The van der Waals surface area contributed by atoms with Crippen LogP contribution in [0.25, 0.3) is 0 Å². The molecule has 0 N–H and O–H groups in total. The van der Waals surface area contributed by atoms with Crippen LogP contribution in [0.4, 0.5) is 11.4 Å². The number of methoxy groups -OCH3 is 1. The lowest BCUT2D eigenvalue weighted by atomic mass is 9.79. The van der Waals surface area contributed by atoms with E-state index in [4.69, 9.17) is 4.74 Å².